The molecule has 0 aliphatic carbocycles. The number of para-hydroxylation sites is 1. The Hall–Kier alpha value is -0.800. The number of H-pyrrole nitrogens is 1. The molecule has 1 saturated heterocycles. The zero-order valence-corrected chi connectivity index (χ0v) is 10.7. The summed E-state index contributed by atoms with van der Waals surface area (Å²) in [6, 6.07) is 6.41. The highest BCUT2D eigenvalue weighted by Crippen LogP contribution is 2.32. The maximum absolute atomic E-state index is 3.59. The molecule has 1 aliphatic heterocycles. The summed E-state index contributed by atoms with van der Waals surface area (Å²) in [7, 11) is 0. The highest BCUT2D eigenvalue weighted by atomic mass is 79.9. The number of piperidine rings is 1. The number of hydrogen-bond acceptors (Lipinski definition) is 1. The molecule has 84 valence electrons. The van der Waals surface area contributed by atoms with Crippen molar-refractivity contribution in [2.24, 2.45) is 0 Å². The molecule has 1 aromatic carbocycles. The Balaban J connectivity index is 2.06. The van der Waals surface area contributed by atoms with Gasteiger partial charge in [-0.05, 0) is 52.9 Å². The first kappa shape index (κ1) is 10.4. The van der Waals surface area contributed by atoms with Gasteiger partial charge in [-0.15, -0.1) is 0 Å². The molecule has 1 unspecified atom stereocenters. The van der Waals surface area contributed by atoms with E-state index in [1.807, 2.05) is 0 Å². The molecule has 0 saturated carbocycles. The van der Waals surface area contributed by atoms with E-state index in [4.69, 9.17) is 0 Å². The fourth-order valence-corrected chi connectivity index (χ4v) is 3.07. The fraction of sp³-hybridized carbons (Fsp3) is 0.385. The van der Waals surface area contributed by atoms with Crippen molar-refractivity contribution in [2.45, 2.75) is 18.8 Å². The molecule has 3 rings (SSSR count). The Morgan fingerprint density at radius 2 is 2.25 bits per heavy atom. The van der Waals surface area contributed by atoms with Crippen LogP contribution in [0.5, 0.6) is 0 Å². The maximum atomic E-state index is 3.59. The Morgan fingerprint density at radius 3 is 3.06 bits per heavy atom. The minimum atomic E-state index is 0.664. The monoisotopic (exact) mass is 278 g/mol. The number of aromatic nitrogens is 1. The standard InChI is InChI=1S/C13H15BrN2/c14-12-5-1-4-10-11(8-16-13(10)12)9-3-2-6-15-7-9/h1,4-5,8-9,15-16H,2-3,6-7H2. The normalized spacial score (nSPS) is 21.4. The molecule has 0 bridgehead atoms. The van der Waals surface area contributed by atoms with Gasteiger partial charge in [0, 0.05) is 22.6 Å². The number of benzene rings is 1. The summed E-state index contributed by atoms with van der Waals surface area (Å²) in [4.78, 5) is 3.38. The predicted molar refractivity (Wildman–Crippen MR) is 70.8 cm³/mol. The third-order valence-corrected chi connectivity index (χ3v) is 4.09. The van der Waals surface area contributed by atoms with Crippen LogP contribution in [-0.2, 0) is 0 Å². The second-order valence-electron chi connectivity index (χ2n) is 4.45. The first-order valence-electron chi connectivity index (χ1n) is 5.82. The van der Waals surface area contributed by atoms with Crippen molar-refractivity contribution in [3.8, 4) is 0 Å². The Morgan fingerprint density at radius 1 is 1.31 bits per heavy atom. The van der Waals surface area contributed by atoms with Gasteiger partial charge in [-0.3, -0.25) is 0 Å². The van der Waals surface area contributed by atoms with Crippen LogP contribution in [0.1, 0.15) is 24.3 Å². The summed E-state index contributed by atoms with van der Waals surface area (Å²) in [5, 5.41) is 4.84. The predicted octanol–water partition coefficient (Wildman–Crippen LogP) is 3.40. The summed E-state index contributed by atoms with van der Waals surface area (Å²) < 4.78 is 1.15. The van der Waals surface area contributed by atoms with Crippen LogP contribution in [0.25, 0.3) is 10.9 Å². The van der Waals surface area contributed by atoms with Gasteiger partial charge >= 0.3 is 0 Å². The van der Waals surface area contributed by atoms with E-state index in [9.17, 15) is 0 Å². The molecule has 16 heavy (non-hydrogen) atoms. The van der Waals surface area contributed by atoms with Crippen LogP contribution in [0.2, 0.25) is 0 Å². The van der Waals surface area contributed by atoms with Crippen molar-refractivity contribution < 1.29 is 0 Å². The van der Waals surface area contributed by atoms with Gasteiger partial charge in [0.25, 0.3) is 0 Å². The average molecular weight is 279 g/mol. The quantitative estimate of drug-likeness (QED) is 0.822. The molecule has 1 aromatic heterocycles. The van der Waals surface area contributed by atoms with E-state index in [2.05, 4.69) is 50.6 Å². The number of rotatable bonds is 1. The van der Waals surface area contributed by atoms with Crippen LogP contribution in [-0.4, -0.2) is 18.1 Å². The van der Waals surface area contributed by atoms with Gasteiger partial charge in [0.05, 0.1) is 5.52 Å². The smallest absolute Gasteiger partial charge is 0.0601 e. The molecule has 2 heterocycles. The number of aromatic amines is 1. The molecule has 2 nitrogen and oxygen atoms in total. The second kappa shape index (κ2) is 4.22. The van der Waals surface area contributed by atoms with Crippen molar-refractivity contribution >= 4 is 26.8 Å². The molecule has 0 radical (unpaired) electrons. The summed E-state index contributed by atoms with van der Waals surface area (Å²) in [5.41, 5.74) is 2.69. The zero-order valence-electron chi connectivity index (χ0n) is 9.09. The van der Waals surface area contributed by atoms with Gasteiger partial charge in [0.2, 0.25) is 0 Å². The van der Waals surface area contributed by atoms with Crippen LogP contribution in [0, 0.1) is 0 Å². The molecule has 1 atom stereocenters. The molecule has 2 aromatic rings. The van der Waals surface area contributed by atoms with E-state index in [0.717, 1.165) is 11.0 Å². The lowest BCUT2D eigenvalue weighted by Gasteiger charge is -2.22. The van der Waals surface area contributed by atoms with Crippen molar-refractivity contribution in [2.75, 3.05) is 13.1 Å². The van der Waals surface area contributed by atoms with E-state index in [1.54, 1.807) is 0 Å². The SMILES string of the molecule is Brc1cccc2c(C3CCCNC3)c[nH]c12. The lowest BCUT2D eigenvalue weighted by atomic mass is 9.91. The Labute approximate surface area is 104 Å². The van der Waals surface area contributed by atoms with Crippen LogP contribution >= 0.6 is 15.9 Å². The molecular weight excluding hydrogens is 264 g/mol. The second-order valence-corrected chi connectivity index (χ2v) is 5.30. The van der Waals surface area contributed by atoms with Crippen molar-refractivity contribution in [1.29, 1.82) is 0 Å². The van der Waals surface area contributed by atoms with E-state index in [1.165, 1.54) is 35.9 Å². The third kappa shape index (κ3) is 1.68. The minimum absolute atomic E-state index is 0.664. The fourth-order valence-electron chi connectivity index (χ4n) is 2.59. The molecule has 1 fully saturated rings. The van der Waals surface area contributed by atoms with E-state index in [0.29, 0.717) is 5.92 Å². The van der Waals surface area contributed by atoms with Gasteiger partial charge < -0.3 is 10.3 Å². The summed E-state index contributed by atoms with van der Waals surface area (Å²) in [6.45, 7) is 2.28. The number of halogens is 1. The highest BCUT2D eigenvalue weighted by Gasteiger charge is 2.18. The molecular formula is C13H15BrN2. The van der Waals surface area contributed by atoms with Crippen LogP contribution in [0.4, 0.5) is 0 Å². The molecule has 1 aliphatic rings. The first-order valence-corrected chi connectivity index (χ1v) is 6.62. The van der Waals surface area contributed by atoms with Crippen molar-refractivity contribution in [1.82, 2.24) is 10.3 Å². The minimum Gasteiger partial charge on any atom is -0.360 e. The van der Waals surface area contributed by atoms with Gasteiger partial charge in [0.1, 0.15) is 0 Å². The van der Waals surface area contributed by atoms with Gasteiger partial charge in [-0.2, -0.15) is 0 Å². The topological polar surface area (TPSA) is 27.8 Å². The molecule has 0 amide bonds. The van der Waals surface area contributed by atoms with Gasteiger partial charge in [-0.25, -0.2) is 0 Å². The van der Waals surface area contributed by atoms with Crippen LogP contribution in [0.3, 0.4) is 0 Å². The van der Waals surface area contributed by atoms with E-state index in [-0.39, 0.29) is 0 Å². The van der Waals surface area contributed by atoms with Crippen LogP contribution in [0.15, 0.2) is 28.9 Å². The van der Waals surface area contributed by atoms with Crippen molar-refractivity contribution in [3.63, 3.8) is 0 Å². The van der Waals surface area contributed by atoms with Gasteiger partial charge in [0.15, 0.2) is 0 Å². The summed E-state index contributed by atoms with van der Waals surface area (Å²) in [6.07, 6.45) is 4.75. The molecule has 3 heteroatoms. The first-order chi connectivity index (χ1) is 7.86. The Kier molecular flexibility index (Phi) is 2.74. The third-order valence-electron chi connectivity index (χ3n) is 3.43. The average Bonchev–Trinajstić information content (AvgIpc) is 2.75. The van der Waals surface area contributed by atoms with E-state index >= 15 is 0 Å². The van der Waals surface area contributed by atoms with E-state index < -0.39 is 0 Å². The summed E-state index contributed by atoms with van der Waals surface area (Å²) in [5.74, 6) is 0.664. The molecule has 0 spiro atoms. The number of hydrogen-bond donors (Lipinski definition) is 2. The molecule has 2 N–H and O–H groups in total. The summed E-state index contributed by atoms with van der Waals surface area (Å²) >= 11 is 3.59. The zero-order chi connectivity index (χ0) is 11.0. The number of fused-ring (bicyclic) bond motifs is 1. The highest BCUT2D eigenvalue weighted by molar-refractivity contribution is 9.10. The number of nitrogens with one attached hydrogen (secondary N) is 2. The van der Waals surface area contributed by atoms with Gasteiger partial charge in [-0.1, -0.05) is 12.1 Å². The lowest BCUT2D eigenvalue weighted by molar-refractivity contribution is 0.463. The Bertz CT molecular complexity index is 498. The largest absolute Gasteiger partial charge is 0.360 e. The lowest BCUT2D eigenvalue weighted by Crippen LogP contribution is -2.28. The maximum Gasteiger partial charge on any atom is 0.0601 e. The van der Waals surface area contributed by atoms with Crippen LogP contribution < -0.4 is 5.32 Å². The van der Waals surface area contributed by atoms with Crippen molar-refractivity contribution in [3.05, 3.63) is 34.4 Å².